The molecular weight excluding hydrogens is 464 g/mol. The number of amides is 1. The van der Waals surface area contributed by atoms with E-state index in [0.717, 1.165) is 48.5 Å². The zero-order chi connectivity index (χ0) is 25.2. The van der Waals surface area contributed by atoms with Crippen LogP contribution in [-0.4, -0.2) is 62.1 Å². The average Bonchev–Trinajstić information content (AvgIpc) is 3.53. The molecule has 2 atom stereocenters. The van der Waals surface area contributed by atoms with Gasteiger partial charge in [0.25, 0.3) is 0 Å². The first-order valence-corrected chi connectivity index (χ1v) is 12.7. The zero-order valence-electron chi connectivity index (χ0n) is 20.5. The molecule has 1 amide bonds. The zero-order valence-corrected chi connectivity index (χ0v) is 20.5. The summed E-state index contributed by atoms with van der Waals surface area (Å²) in [5.74, 6) is 0.213. The van der Waals surface area contributed by atoms with Crippen LogP contribution < -0.4 is 10.2 Å². The molecule has 9 nitrogen and oxygen atoms in total. The van der Waals surface area contributed by atoms with Crippen LogP contribution in [0.15, 0.2) is 67.1 Å². The van der Waals surface area contributed by atoms with Gasteiger partial charge in [-0.25, -0.2) is 9.50 Å². The predicted octanol–water partition coefficient (Wildman–Crippen LogP) is 3.02. The Morgan fingerprint density at radius 3 is 2.57 bits per heavy atom. The first kappa shape index (κ1) is 23.1. The second-order valence-corrected chi connectivity index (χ2v) is 9.66. The fourth-order valence-electron chi connectivity index (χ4n) is 5.57. The van der Waals surface area contributed by atoms with E-state index in [-0.39, 0.29) is 5.91 Å². The number of pyridine rings is 2. The van der Waals surface area contributed by atoms with Gasteiger partial charge >= 0.3 is 0 Å². The standard InChI is InChI=1S/C28H28N8O/c29-14-20-4-11-26(31-15-20)21-5-7-22(8-6-21)35-24-9-10-25(35)18-34(17-24)28(37)12-13-30-16-23-2-1-3-27-32-19-33-36(23)27/h1-8,11,15,19,24-25,30H,9-10,12-13,16-18H2. The first-order valence-electron chi connectivity index (χ1n) is 12.7. The molecule has 2 aliphatic rings. The molecule has 5 heterocycles. The number of anilines is 1. The van der Waals surface area contributed by atoms with Gasteiger partial charge in [-0.15, -0.1) is 0 Å². The largest absolute Gasteiger partial charge is 0.362 e. The lowest BCUT2D eigenvalue weighted by Gasteiger charge is -2.42. The van der Waals surface area contributed by atoms with E-state index < -0.39 is 0 Å². The van der Waals surface area contributed by atoms with Gasteiger partial charge in [0.1, 0.15) is 12.4 Å². The van der Waals surface area contributed by atoms with E-state index in [9.17, 15) is 4.79 Å². The number of hydrogen-bond acceptors (Lipinski definition) is 7. The Hall–Kier alpha value is -4.29. The average molecular weight is 493 g/mol. The van der Waals surface area contributed by atoms with E-state index in [1.54, 1.807) is 18.6 Å². The molecule has 1 N–H and O–H groups in total. The highest BCUT2D eigenvalue weighted by Crippen LogP contribution is 2.35. The molecule has 0 saturated carbocycles. The summed E-state index contributed by atoms with van der Waals surface area (Å²) in [4.78, 5) is 26.2. The van der Waals surface area contributed by atoms with Crippen LogP contribution in [0.25, 0.3) is 16.9 Å². The molecule has 2 bridgehead atoms. The minimum absolute atomic E-state index is 0.213. The van der Waals surface area contributed by atoms with E-state index in [0.29, 0.717) is 37.2 Å². The molecule has 2 fully saturated rings. The molecule has 37 heavy (non-hydrogen) atoms. The van der Waals surface area contributed by atoms with Crippen LogP contribution in [0.4, 0.5) is 5.69 Å². The maximum absolute atomic E-state index is 13.0. The molecule has 9 heteroatoms. The summed E-state index contributed by atoms with van der Waals surface area (Å²) < 4.78 is 1.82. The summed E-state index contributed by atoms with van der Waals surface area (Å²) in [5.41, 5.74) is 5.49. The third-order valence-electron chi connectivity index (χ3n) is 7.39. The maximum Gasteiger partial charge on any atom is 0.223 e. The van der Waals surface area contributed by atoms with Crippen LogP contribution in [0.3, 0.4) is 0 Å². The van der Waals surface area contributed by atoms with Crippen molar-refractivity contribution in [3.05, 3.63) is 78.4 Å². The van der Waals surface area contributed by atoms with Crippen LogP contribution in [0.1, 0.15) is 30.5 Å². The number of nitrogens with zero attached hydrogens (tertiary/aromatic N) is 7. The van der Waals surface area contributed by atoms with Crippen molar-refractivity contribution in [3.8, 4) is 17.3 Å². The predicted molar refractivity (Wildman–Crippen MR) is 140 cm³/mol. The minimum Gasteiger partial charge on any atom is -0.362 e. The summed E-state index contributed by atoms with van der Waals surface area (Å²) in [6.45, 7) is 2.81. The molecule has 1 aromatic carbocycles. The van der Waals surface area contributed by atoms with E-state index in [1.165, 1.54) is 5.69 Å². The smallest absolute Gasteiger partial charge is 0.223 e. The number of likely N-dealkylation sites (tertiary alicyclic amines) is 1. The van der Waals surface area contributed by atoms with Crippen molar-refractivity contribution in [2.45, 2.75) is 37.9 Å². The fourth-order valence-corrected chi connectivity index (χ4v) is 5.57. The number of nitrogens with one attached hydrogen (secondary N) is 1. The van der Waals surface area contributed by atoms with E-state index in [2.05, 4.69) is 55.6 Å². The van der Waals surface area contributed by atoms with Crippen molar-refractivity contribution in [2.24, 2.45) is 0 Å². The molecular formula is C28H28N8O. The summed E-state index contributed by atoms with van der Waals surface area (Å²) in [5, 5.41) is 16.6. The van der Waals surface area contributed by atoms with Gasteiger partial charge in [-0.3, -0.25) is 9.78 Å². The number of nitriles is 1. The van der Waals surface area contributed by atoms with E-state index in [4.69, 9.17) is 5.26 Å². The molecule has 6 rings (SSSR count). The van der Waals surface area contributed by atoms with Crippen molar-refractivity contribution in [1.29, 1.82) is 5.26 Å². The molecule has 0 spiro atoms. The Balaban J connectivity index is 1.03. The molecule has 3 aromatic heterocycles. The second kappa shape index (κ2) is 9.99. The van der Waals surface area contributed by atoms with Crippen LogP contribution in [0.5, 0.6) is 0 Å². The first-order chi connectivity index (χ1) is 18.2. The highest BCUT2D eigenvalue weighted by atomic mass is 16.2. The number of carbonyl (C=O) groups is 1. The Labute approximate surface area is 215 Å². The number of rotatable bonds is 7. The van der Waals surface area contributed by atoms with Gasteiger partial charge in [0.2, 0.25) is 5.91 Å². The topological polar surface area (TPSA) is 102 Å². The normalized spacial score (nSPS) is 18.8. The van der Waals surface area contributed by atoms with Crippen LogP contribution >= 0.6 is 0 Å². The van der Waals surface area contributed by atoms with Gasteiger partial charge in [-0.1, -0.05) is 18.2 Å². The summed E-state index contributed by atoms with van der Waals surface area (Å²) in [7, 11) is 0. The minimum atomic E-state index is 0.213. The summed E-state index contributed by atoms with van der Waals surface area (Å²) in [6.07, 6.45) is 5.85. The molecule has 2 unspecified atom stereocenters. The van der Waals surface area contributed by atoms with E-state index in [1.807, 2.05) is 33.7 Å². The van der Waals surface area contributed by atoms with Crippen molar-refractivity contribution in [3.63, 3.8) is 0 Å². The second-order valence-electron chi connectivity index (χ2n) is 9.66. The van der Waals surface area contributed by atoms with Gasteiger partial charge in [-0.2, -0.15) is 10.4 Å². The maximum atomic E-state index is 13.0. The molecule has 0 aliphatic carbocycles. The Kier molecular flexibility index (Phi) is 6.25. The molecule has 4 aromatic rings. The van der Waals surface area contributed by atoms with Crippen molar-refractivity contribution >= 4 is 17.2 Å². The number of piperazine rings is 1. The monoisotopic (exact) mass is 492 g/mol. The SMILES string of the molecule is N#Cc1ccc(-c2ccc(N3C4CCC3CN(C(=O)CCNCc3cccc5ncnn35)C4)cc2)nc1. The highest BCUT2D eigenvalue weighted by molar-refractivity contribution is 5.77. The lowest BCUT2D eigenvalue weighted by Crippen LogP contribution is -2.55. The van der Waals surface area contributed by atoms with Gasteiger partial charge in [0, 0.05) is 62.1 Å². The number of fused-ring (bicyclic) bond motifs is 3. The summed E-state index contributed by atoms with van der Waals surface area (Å²) in [6, 6.07) is 20.9. The third kappa shape index (κ3) is 4.63. The van der Waals surface area contributed by atoms with Gasteiger partial charge in [0.05, 0.1) is 17.0 Å². The fraction of sp³-hybridized carbons (Fsp3) is 0.321. The quantitative estimate of drug-likeness (QED) is 0.396. The summed E-state index contributed by atoms with van der Waals surface area (Å²) >= 11 is 0. The molecule has 186 valence electrons. The molecule has 0 radical (unpaired) electrons. The lowest BCUT2D eigenvalue weighted by atomic mass is 10.1. The highest BCUT2D eigenvalue weighted by Gasteiger charge is 2.41. The lowest BCUT2D eigenvalue weighted by molar-refractivity contribution is -0.132. The van der Waals surface area contributed by atoms with Gasteiger partial charge in [0.15, 0.2) is 5.65 Å². The van der Waals surface area contributed by atoms with Crippen molar-refractivity contribution in [1.82, 2.24) is 29.8 Å². The Morgan fingerprint density at radius 2 is 1.84 bits per heavy atom. The van der Waals surface area contributed by atoms with Crippen molar-refractivity contribution in [2.75, 3.05) is 24.5 Å². The van der Waals surface area contributed by atoms with Crippen LogP contribution in [-0.2, 0) is 11.3 Å². The van der Waals surface area contributed by atoms with Crippen LogP contribution in [0, 0.1) is 11.3 Å². The van der Waals surface area contributed by atoms with Gasteiger partial charge < -0.3 is 15.1 Å². The van der Waals surface area contributed by atoms with Crippen molar-refractivity contribution < 1.29 is 4.79 Å². The number of hydrogen-bond donors (Lipinski definition) is 1. The molecule has 2 saturated heterocycles. The number of carbonyl (C=O) groups excluding carboxylic acids is 1. The number of aromatic nitrogens is 4. The number of benzene rings is 1. The van der Waals surface area contributed by atoms with Gasteiger partial charge in [-0.05, 0) is 49.2 Å². The molecule has 2 aliphatic heterocycles. The third-order valence-corrected chi connectivity index (χ3v) is 7.39. The Morgan fingerprint density at radius 1 is 1.03 bits per heavy atom. The Bertz CT molecular complexity index is 1430. The van der Waals surface area contributed by atoms with E-state index >= 15 is 0 Å². The van der Waals surface area contributed by atoms with Crippen LogP contribution in [0.2, 0.25) is 0 Å².